The van der Waals surface area contributed by atoms with Crippen molar-refractivity contribution in [3.05, 3.63) is 0 Å². The number of halogens is 2. The van der Waals surface area contributed by atoms with Crippen LogP contribution in [0.4, 0.5) is 8.78 Å². The Labute approximate surface area is 64.4 Å². The molecule has 0 saturated heterocycles. The molecule has 11 heavy (non-hydrogen) atoms. The first-order valence-electron chi connectivity index (χ1n) is 3.84. The summed E-state index contributed by atoms with van der Waals surface area (Å²) in [5.74, 6) is -3.33. The molecule has 66 valence electrons. The maximum Gasteiger partial charge on any atom is 0.273 e. The highest BCUT2D eigenvalue weighted by molar-refractivity contribution is 4.87. The first kappa shape index (κ1) is 8.87. The summed E-state index contributed by atoms with van der Waals surface area (Å²) < 4.78 is 25.5. The highest BCUT2D eigenvalue weighted by Gasteiger charge is 2.45. The summed E-state index contributed by atoms with van der Waals surface area (Å²) in [6.45, 7) is 0.150. The highest BCUT2D eigenvalue weighted by atomic mass is 19.3. The van der Waals surface area contributed by atoms with Crippen molar-refractivity contribution in [3.63, 3.8) is 0 Å². The lowest BCUT2D eigenvalue weighted by Crippen LogP contribution is -2.45. The average Bonchev–Trinajstić information content (AvgIpc) is 1.95. The van der Waals surface area contributed by atoms with Gasteiger partial charge in [-0.25, -0.2) is 8.78 Å². The van der Waals surface area contributed by atoms with Crippen molar-refractivity contribution in [1.29, 1.82) is 0 Å². The fourth-order valence-electron chi connectivity index (χ4n) is 1.50. The van der Waals surface area contributed by atoms with Gasteiger partial charge in [0.2, 0.25) is 0 Å². The van der Waals surface area contributed by atoms with Gasteiger partial charge in [0.1, 0.15) is 6.10 Å². The maximum atomic E-state index is 12.7. The lowest BCUT2D eigenvalue weighted by atomic mass is 9.84. The molecule has 1 aliphatic rings. The zero-order valence-electron chi connectivity index (χ0n) is 6.26. The number of aliphatic hydroxyl groups excluding tert-OH is 1. The van der Waals surface area contributed by atoms with Crippen molar-refractivity contribution in [1.82, 2.24) is 0 Å². The van der Waals surface area contributed by atoms with Crippen LogP contribution in [-0.4, -0.2) is 23.7 Å². The van der Waals surface area contributed by atoms with E-state index >= 15 is 0 Å². The quantitative estimate of drug-likeness (QED) is 0.602. The minimum absolute atomic E-state index is 0.150. The van der Waals surface area contributed by atoms with Gasteiger partial charge in [0.25, 0.3) is 5.92 Å². The van der Waals surface area contributed by atoms with Crippen molar-refractivity contribution < 1.29 is 13.9 Å². The van der Waals surface area contributed by atoms with Crippen LogP contribution < -0.4 is 5.73 Å². The van der Waals surface area contributed by atoms with Crippen molar-refractivity contribution in [3.8, 4) is 0 Å². The molecule has 2 nitrogen and oxygen atoms in total. The number of rotatable bonds is 1. The van der Waals surface area contributed by atoms with E-state index in [9.17, 15) is 8.78 Å². The topological polar surface area (TPSA) is 46.2 Å². The minimum atomic E-state index is -2.91. The van der Waals surface area contributed by atoms with Gasteiger partial charge in [-0.15, -0.1) is 0 Å². The number of hydrogen-bond donors (Lipinski definition) is 2. The molecule has 0 aromatic heterocycles. The lowest BCUT2D eigenvalue weighted by molar-refractivity contribution is -0.153. The molecule has 0 unspecified atom stereocenters. The van der Waals surface area contributed by atoms with Crippen LogP contribution in [-0.2, 0) is 0 Å². The molecule has 0 aromatic rings. The molecule has 0 heterocycles. The maximum absolute atomic E-state index is 12.7. The predicted octanol–water partition coefficient (Wildman–Crippen LogP) is 0.741. The summed E-state index contributed by atoms with van der Waals surface area (Å²) in [5.41, 5.74) is 5.22. The summed E-state index contributed by atoms with van der Waals surface area (Å²) in [6, 6.07) is 0. The summed E-state index contributed by atoms with van der Waals surface area (Å²) in [7, 11) is 0. The van der Waals surface area contributed by atoms with E-state index in [0.717, 1.165) is 0 Å². The summed E-state index contributed by atoms with van der Waals surface area (Å²) >= 11 is 0. The van der Waals surface area contributed by atoms with Gasteiger partial charge in [0, 0.05) is 12.3 Å². The fraction of sp³-hybridized carbons (Fsp3) is 1.00. The van der Waals surface area contributed by atoms with E-state index in [1.807, 2.05) is 0 Å². The zero-order valence-corrected chi connectivity index (χ0v) is 6.26. The van der Waals surface area contributed by atoms with Crippen LogP contribution in [0.25, 0.3) is 0 Å². The third kappa shape index (κ3) is 1.68. The van der Waals surface area contributed by atoms with E-state index in [1.165, 1.54) is 0 Å². The molecule has 1 rings (SSSR count). The van der Waals surface area contributed by atoms with E-state index in [0.29, 0.717) is 12.8 Å². The summed E-state index contributed by atoms with van der Waals surface area (Å²) in [6.07, 6.45) is -0.648. The second-order valence-electron chi connectivity index (χ2n) is 3.09. The van der Waals surface area contributed by atoms with E-state index in [-0.39, 0.29) is 13.0 Å². The first-order chi connectivity index (χ1) is 5.08. The van der Waals surface area contributed by atoms with E-state index < -0.39 is 17.9 Å². The summed E-state index contributed by atoms with van der Waals surface area (Å²) in [5, 5.41) is 9.07. The Kier molecular flexibility index (Phi) is 2.44. The average molecular weight is 165 g/mol. The van der Waals surface area contributed by atoms with Gasteiger partial charge in [-0.3, -0.25) is 0 Å². The normalized spacial score (nSPS) is 37.1. The molecule has 2 atom stereocenters. The molecule has 1 fully saturated rings. The molecule has 0 aliphatic heterocycles. The largest absolute Gasteiger partial charge is 0.387 e. The Bertz CT molecular complexity index is 140. The Morgan fingerprint density at radius 3 is 2.64 bits per heavy atom. The Hall–Kier alpha value is -0.220. The highest BCUT2D eigenvalue weighted by Crippen LogP contribution is 2.36. The molecule has 0 spiro atoms. The van der Waals surface area contributed by atoms with Gasteiger partial charge in [-0.2, -0.15) is 0 Å². The van der Waals surface area contributed by atoms with E-state index in [4.69, 9.17) is 10.8 Å². The third-order valence-electron chi connectivity index (χ3n) is 2.27. The molecule has 0 bridgehead atoms. The van der Waals surface area contributed by atoms with Crippen molar-refractivity contribution >= 4 is 0 Å². The predicted molar refractivity (Wildman–Crippen MR) is 37.3 cm³/mol. The molecule has 1 aliphatic carbocycles. The molecular formula is C7H13F2NO. The molecule has 0 radical (unpaired) electrons. The van der Waals surface area contributed by atoms with Gasteiger partial charge in [0.15, 0.2) is 0 Å². The van der Waals surface area contributed by atoms with Crippen LogP contribution in [0.15, 0.2) is 0 Å². The standard InChI is InChI=1S/C7H13F2NO/c8-7(9)3-1-2-5(4-10)6(7)11/h5-6,11H,1-4,10H2/t5-,6-/m0/s1. The second kappa shape index (κ2) is 3.03. The van der Waals surface area contributed by atoms with Gasteiger partial charge in [-0.1, -0.05) is 0 Å². The Balaban J connectivity index is 2.60. The minimum Gasteiger partial charge on any atom is -0.387 e. The van der Waals surface area contributed by atoms with Gasteiger partial charge in [0.05, 0.1) is 0 Å². The second-order valence-corrected chi connectivity index (χ2v) is 3.09. The number of aliphatic hydroxyl groups is 1. The van der Waals surface area contributed by atoms with Crippen LogP contribution in [0.2, 0.25) is 0 Å². The van der Waals surface area contributed by atoms with Crippen molar-refractivity contribution in [2.24, 2.45) is 11.7 Å². The number of hydrogen-bond acceptors (Lipinski definition) is 2. The van der Waals surface area contributed by atoms with Gasteiger partial charge in [-0.05, 0) is 19.4 Å². The van der Waals surface area contributed by atoms with Crippen LogP contribution in [0.5, 0.6) is 0 Å². The SMILES string of the molecule is NC[C@@H]1CCCC(F)(F)[C@H]1O. The zero-order chi connectivity index (χ0) is 8.48. The summed E-state index contributed by atoms with van der Waals surface area (Å²) in [4.78, 5) is 0. The van der Waals surface area contributed by atoms with Crippen LogP contribution >= 0.6 is 0 Å². The van der Waals surface area contributed by atoms with E-state index in [1.54, 1.807) is 0 Å². The number of alkyl halides is 2. The first-order valence-corrected chi connectivity index (χ1v) is 3.84. The third-order valence-corrected chi connectivity index (χ3v) is 2.27. The molecule has 3 N–H and O–H groups in total. The monoisotopic (exact) mass is 165 g/mol. The molecule has 0 aromatic carbocycles. The van der Waals surface area contributed by atoms with Crippen LogP contribution in [0, 0.1) is 5.92 Å². The smallest absolute Gasteiger partial charge is 0.273 e. The number of nitrogens with two attached hydrogens (primary N) is 1. The van der Waals surface area contributed by atoms with Crippen molar-refractivity contribution in [2.45, 2.75) is 31.3 Å². The van der Waals surface area contributed by atoms with Crippen LogP contribution in [0.3, 0.4) is 0 Å². The molecular weight excluding hydrogens is 152 g/mol. The Morgan fingerprint density at radius 1 is 1.55 bits per heavy atom. The Morgan fingerprint density at radius 2 is 2.18 bits per heavy atom. The molecule has 1 saturated carbocycles. The van der Waals surface area contributed by atoms with Gasteiger partial charge < -0.3 is 10.8 Å². The van der Waals surface area contributed by atoms with Crippen molar-refractivity contribution in [2.75, 3.05) is 6.54 Å². The lowest BCUT2D eigenvalue weighted by Gasteiger charge is -2.33. The van der Waals surface area contributed by atoms with Gasteiger partial charge >= 0.3 is 0 Å². The molecule has 0 amide bonds. The van der Waals surface area contributed by atoms with E-state index in [2.05, 4.69) is 0 Å². The van der Waals surface area contributed by atoms with Crippen LogP contribution in [0.1, 0.15) is 19.3 Å². The fourth-order valence-corrected chi connectivity index (χ4v) is 1.50. The molecule has 4 heteroatoms.